The molecule has 1 atom stereocenters. The first kappa shape index (κ1) is 15.0. The normalized spacial score (nSPS) is 14.9. The van der Waals surface area contributed by atoms with Crippen molar-refractivity contribution in [2.75, 3.05) is 13.2 Å². The van der Waals surface area contributed by atoms with Gasteiger partial charge in [-0.25, -0.2) is 13.2 Å². The number of ether oxygens (including phenoxy) is 1. The molecule has 1 N–H and O–H groups in total. The van der Waals surface area contributed by atoms with E-state index in [-0.39, 0.29) is 0 Å². The van der Waals surface area contributed by atoms with E-state index in [1.165, 1.54) is 0 Å². The first-order chi connectivity index (χ1) is 7.07. The average molecular weight is 254 g/mol. The molecule has 0 rings (SSSR count). The molecule has 1 unspecified atom stereocenters. The molecule has 0 aromatic carbocycles. The van der Waals surface area contributed by atoms with Crippen molar-refractivity contribution in [3.63, 3.8) is 0 Å². The Kier molecular flexibility index (Phi) is 5.04. The van der Waals surface area contributed by atoms with Crippen molar-refractivity contribution >= 4 is 5.97 Å². The molecule has 0 saturated heterocycles. The summed E-state index contributed by atoms with van der Waals surface area (Å²) in [7, 11) is 0. The highest BCUT2D eigenvalue weighted by atomic mass is 19.4. The van der Waals surface area contributed by atoms with Crippen molar-refractivity contribution < 1.29 is 41.0 Å². The summed E-state index contributed by atoms with van der Waals surface area (Å²) in [5.74, 6) is -6.09. The number of hydrogen-bond acceptors (Lipinski definition) is 2. The van der Waals surface area contributed by atoms with E-state index in [0.717, 1.165) is 0 Å². The highest BCUT2D eigenvalue weighted by molar-refractivity contribution is 5.66. The van der Waals surface area contributed by atoms with E-state index in [4.69, 9.17) is 5.11 Å². The van der Waals surface area contributed by atoms with Crippen molar-refractivity contribution in [1.82, 2.24) is 0 Å². The Morgan fingerprint density at radius 1 is 1.25 bits per heavy atom. The zero-order chi connectivity index (χ0) is 13.0. The maximum atomic E-state index is 12.5. The third-order valence-electron chi connectivity index (χ3n) is 1.41. The predicted molar refractivity (Wildman–Crippen MR) is 39.0 cm³/mol. The maximum Gasteiger partial charge on any atom is 0.425 e. The SMILES string of the molecule is O=C(O)CCOCC(F)(F)C(F)C(F)(F)F. The molecular formula is C7H8F6O3. The quantitative estimate of drug-likeness (QED) is 0.582. The molecule has 0 aliphatic heterocycles. The lowest BCUT2D eigenvalue weighted by Gasteiger charge is -2.22. The summed E-state index contributed by atoms with van der Waals surface area (Å²) in [6, 6.07) is 0. The summed E-state index contributed by atoms with van der Waals surface area (Å²) < 4.78 is 75.8. The Balaban J connectivity index is 4.09. The van der Waals surface area contributed by atoms with Gasteiger partial charge in [-0.05, 0) is 0 Å². The van der Waals surface area contributed by atoms with Crippen LogP contribution in [0.25, 0.3) is 0 Å². The van der Waals surface area contributed by atoms with Gasteiger partial charge in [-0.3, -0.25) is 4.79 Å². The van der Waals surface area contributed by atoms with E-state index < -0.39 is 43.9 Å². The van der Waals surface area contributed by atoms with Crippen molar-refractivity contribution in [2.24, 2.45) is 0 Å². The molecule has 0 saturated carbocycles. The monoisotopic (exact) mass is 254 g/mol. The summed E-state index contributed by atoms with van der Waals surface area (Å²) in [4.78, 5) is 9.90. The third kappa shape index (κ3) is 5.19. The van der Waals surface area contributed by atoms with Crippen LogP contribution >= 0.6 is 0 Å². The van der Waals surface area contributed by atoms with Crippen LogP contribution in [0.15, 0.2) is 0 Å². The molecule has 96 valence electrons. The van der Waals surface area contributed by atoms with Crippen LogP contribution in [-0.4, -0.2) is 42.6 Å². The predicted octanol–water partition coefficient (Wildman–Crippen LogP) is 2.01. The lowest BCUT2D eigenvalue weighted by atomic mass is 10.2. The molecule has 0 heterocycles. The number of alkyl halides is 6. The van der Waals surface area contributed by atoms with Gasteiger partial charge in [0.05, 0.1) is 13.0 Å². The van der Waals surface area contributed by atoms with Crippen molar-refractivity contribution in [1.29, 1.82) is 0 Å². The Labute approximate surface area is 86.0 Å². The standard InChI is InChI=1S/C7H8F6O3/c8-5(7(11,12)13)6(9,10)3-16-2-1-4(14)15/h5H,1-3H2,(H,14,15). The smallest absolute Gasteiger partial charge is 0.425 e. The zero-order valence-corrected chi connectivity index (χ0v) is 7.73. The van der Waals surface area contributed by atoms with Crippen molar-refractivity contribution in [3.8, 4) is 0 Å². The number of carboxylic acid groups (broad SMARTS) is 1. The minimum absolute atomic E-state index is 0.654. The van der Waals surface area contributed by atoms with Crippen LogP contribution in [-0.2, 0) is 9.53 Å². The summed E-state index contributed by atoms with van der Waals surface area (Å²) >= 11 is 0. The minimum atomic E-state index is -5.68. The second kappa shape index (κ2) is 5.37. The second-order valence-corrected chi connectivity index (χ2v) is 2.86. The third-order valence-corrected chi connectivity index (χ3v) is 1.41. The molecule has 0 bridgehead atoms. The fourth-order valence-electron chi connectivity index (χ4n) is 0.680. The molecule has 0 aliphatic rings. The van der Waals surface area contributed by atoms with Gasteiger partial charge in [0.2, 0.25) is 0 Å². The number of halogens is 6. The molecule has 16 heavy (non-hydrogen) atoms. The van der Waals surface area contributed by atoms with Gasteiger partial charge >= 0.3 is 18.1 Å². The lowest BCUT2D eigenvalue weighted by Crippen LogP contribution is -2.44. The Hall–Kier alpha value is -0.990. The lowest BCUT2D eigenvalue weighted by molar-refractivity contribution is -0.255. The fourth-order valence-corrected chi connectivity index (χ4v) is 0.680. The van der Waals surface area contributed by atoms with Crippen LogP contribution < -0.4 is 0 Å². The van der Waals surface area contributed by atoms with Crippen molar-refractivity contribution in [3.05, 3.63) is 0 Å². The summed E-state index contributed by atoms with van der Waals surface area (Å²) in [6.45, 7) is -2.53. The number of rotatable bonds is 6. The number of carboxylic acids is 1. The summed E-state index contributed by atoms with van der Waals surface area (Å²) in [5, 5.41) is 8.06. The second-order valence-electron chi connectivity index (χ2n) is 2.86. The largest absolute Gasteiger partial charge is 0.481 e. The average Bonchev–Trinajstić information content (AvgIpc) is 2.09. The summed E-state index contributed by atoms with van der Waals surface area (Å²) in [6.07, 6.45) is -10.7. The molecule has 0 aliphatic carbocycles. The minimum Gasteiger partial charge on any atom is -0.481 e. The Morgan fingerprint density at radius 2 is 1.75 bits per heavy atom. The van der Waals surface area contributed by atoms with Crippen LogP contribution in [0.4, 0.5) is 26.3 Å². The zero-order valence-electron chi connectivity index (χ0n) is 7.73. The van der Waals surface area contributed by atoms with Crippen molar-refractivity contribution in [2.45, 2.75) is 24.7 Å². The molecule has 0 radical (unpaired) electrons. The van der Waals surface area contributed by atoms with E-state index in [0.29, 0.717) is 0 Å². The Bertz CT molecular complexity index is 239. The highest BCUT2D eigenvalue weighted by Gasteiger charge is 2.56. The molecule has 0 amide bonds. The molecular weight excluding hydrogens is 246 g/mol. The fraction of sp³-hybridized carbons (Fsp3) is 0.857. The number of aliphatic carboxylic acids is 1. The number of carbonyl (C=O) groups is 1. The van der Waals surface area contributed by atoms with E-state index >= 15 is 0 Å². The number of hydrogen-bond donors (Lipinski definition) is 1. The van der Waals surface area contributed by atoms with Crippen LogP contribution in [0.5, 0.6) is 0 Å². The first-order valence-electron chi connectivity index (χ1n) is 3.95. The Morgan fingerprint density at radius 3 is 2.12 bits per heavy atom. The van der Waals surface area contributed by atoms with Gasteiger partial charge in [-0.1, -0.05) is 0 Å². The molecule has 0 fully saturated rings. The first-order valence-corrected chi connectivity index (χ1v) is 3.95. The highest BCUT2D eigenvalue weighted by Crippen LogP contribution is 2.34. The molecule has 9 heteroatoms. The molecule has 0 aromatic heterocycles. The van der Waals surface area contributed by atoms with E-state index in [1.807, 2.05) is 0 Å². The van der Waals surface area contributed by atoms with Gasteiger partial charge < -0.3 is 9.84 Å². The van der Waals surface area contributed by atoms with Gasteiger partial charge in [-0.2, -0.15) is 13.2 Å². The van der Waals surface area contributed by atoms with E-state index in [9.17, 15) is 31.1 Å². The van der Waals surface area contributed by atoms with Crippen LogP contribution in [0.2, 0.25) is 0 Å². The van der Waals surface area contributed by atoms with Crippen LogP contribution in [0.3, 0.4) is 0 Å². The van der Waals surface area contributed by atoms with E-state index in [1.54, 1.807) is 0 Å². The van der Waals surface area contributed by atoms with Crippen LogP contribution in [0, 0.1) is 0 Å². The van der Waals surface area contributed by atoms with Crippen LogP contribution in [0.1, 0.15) is 6.42 Å². The van der Waals surface area contributed by atoms with Gasteiger partial charge in [0.25, 0.3) is 6.17 Å². The maximum absolute atomic E-state index is 12.5. The van der Waals surface area contributed by atoms with Gasteiger partial charge in [0.1, 0.15) is 6.61 Å². The molecule has 0 aromatic rings. The van der Waals surface area contributed by atoms with Gasteiger partial charge in [0, 0.05) is 0 Å². The van der Waals surface area contributed by atoms with E-state index in [2.05, 4.69) is 4.74 Å². The molecule has 3 nitrogen and oxygen atoms in total. The van der Waals surface area contributed by atoms with Gasteiger partial charge in [0.15, 0.2) is 0 Å². The molecule has 0 spiro atoms. The topological polar surface area (TPSA) is 46.5 Å². The summed E-state index contributed by atoms with van der Waals surface area (Å²) in [5.41, 5.74) is 0. The van der Waals surface area contributed by atoms with Gasteiger partial charge in [-0.15, -0.1) is 0 Å².